The maximum absolute atomic E-state index is 6.07. The second-order valence-electron chi connectivity index (χ2n) is 4.47. The van der Waals surface area contributed by atoms with E-state index in [1.807, 2.05) is 12.1 Å². The predicted octanol–water partition coefficient (Wildman–Crippen LogP) is 2.92. The molecule has 18 heavy (non-hydrogen) atoms. The van der Waals surface area contributed by atoms with Crippen LogP contribution in [0.3, 0.4) is 0 Å². The summed E-state index contributed by atoms with van der Waals surface area (Å²) in [5, 5.41) is 4.12. The van der Waals surface area contributed by atoms with Gasteiger partial charge in [0.15, 0.2) is 0 Å². The van der Waals surface area contributed by atoms with Crippen LogP contribution >= 0.6 is 11.6 Å². The summed E-state index contributed by atoms with van der Waals surface area (Å²) in [7, 11) is 3.81. The molecule has 0 amide bonds. The topological polar surface area (TPSA) is 24.5 Å². The van der Waals surface area contributed by atoms with E-state index in [4.69, 9.17) is 16.3 Å². The molecule has 1 N–H and O–H groups in total. The van der Waals surface area contributed by atoms with Crippen LogP contribution in [-0.2, 0) is 11.3 Å². The van der Waals surface area contributed by atoms with E-state index in [0.717, 1.165) is 18.1 Å². The zero-order chi connectivity index (χ0) is 13.5. The van der Waals surface area contributed by atoms with Crippen molar-refractivity contribution in [2.75, 3.05) is 32.2 Å². The number of benzene rings is 1. The monoisotopic (exact) mass is 270 g/mol. The van der Waals surface area contributed by atoms with Gasteiger partial charge in [0.05, 0.1) is 6.61 Å². The number of rotatable bonds is 7. The zero-order valence-electron chi connectivity index (χ0n) is 11.7. The number of methoxy groups -OCH3 is 1. The Morgan fingerprint density at radius 1 is 1.44 bits per heavy atom. The molecule has 1 aromatic carbocycles. The molecule has 0 aromatic heterocycles. The van der Waals surface area contributed by atoms with Crippen LogP contribution in [0.1, 0.15) is 19.4 Å². The SMILES string of the molecule is CCNCc1cc(Cl)ccc1N(C)C(C)COC. The predicted molar refractivity (Wildman–Crippen MR) is 78.6 cm³/mol. The van der Waals surface area contributed by atoms with Crippen LogP contribution in [0.15, 0.2) is 18.2 Å². The lowest BCUT2D eigenvalue weighted by Gasteiger charge is -2.28. The van der Waals surface area contributed by atoms with Crippen LogP contribution in [0, 0.1) is 0 Å². The first-order valence-electron chi connectivity index (χ1n) is 6.31. The van der Waals surface area contributed by atoms with Gasteiger partial charge in [0.25, 0.3) is 0 Å². The fraction of sp³-hybridized carbons (Fsp3) is 0.571. The summed E-state index contributed by atoms with van der Waals surface area (Å²) >= 11 is 6.07. The maximum Gasteiger partial charge on any atom is 0.0663 e. The normalized spacial score (nSPS) is 12.5. The van der Waals surface area contributed by atoms with Gasteiger partial charge in [-0.05, 0) is 37.2 Å². The first-order chi connectivity index (χ1) is 8.60. The van der Waals surface area contributed by atoms with Gasteiger partial charge in [0.2, 0.25) is 0 Å². The smallest absolute Gasteiger partial charge is 0.0663 e. The molecule has 0 radical (unpaired) electrons. The summed E-state index contributed by atoms with van der Waals surface area (Å²) < 4.78 is 5.21. The molecule has 0 fully saturated rings. The third kappa shape index (κ3) is 4.16. The van der Waals surface area contributed by atoms with E-state index < -0.39 is 0 Å². The van der Waals surface area contributed by atoms with Crippen LogP contribution in [0.4, 0.5) is 5.69 Å². The Hall–Kier alpha value is -0.770. The van der Waals surface area contributed by atoms with E-state index in [2.05, 4.69) is 37.2 Å². The average Bonchev–Trinajstić information content (AvgIpc) is 2.36. The lowest BCUT2D eigenvalue weighted by atomic mass is 10.1. The molecule has 0 aliphatic rings. The van der Waals surface area contributed by atoms with Gasteiger partial charge in [-0.1, -0.05) is 18.5 Å². The lowest BCUT2D eigenvalue weighted by Crippen LogP contribution is -2.33. The van der Waals surface area contributed by atoms with E-state index in [1.54, 1.807) is 7.11 Å². The first-order valence-corrected chi connectivity index (χ1v) is 6.68. The molecule has 0 heterocycles. The number of nitrogens with one attached hydrogen (secondary N) is 1. The molecule has 102 valence electrons. The minimum absolute atomic E-state index is 0.330. The van der Waals surface area contributed by atoms with Crippen molar-refractivity contribution >= 4 is 17.3 Å². The molecule has 3 nitrogen and oxygen atoms in total. The van der Waals surface area contributed by atoms with Crippen molar-refractivity contribution in [1.29, 1.82) is 0 Å². The average molecular weight is 271 g/mol. The van der Waals surface area contributed by atoms with E-state index >= 15 is 0 Å². The van der Waals surface area contributed by atoms with Crippen LogP contribution in [0.5, 0.6) is 0 Å². The second kappa shape index (κ2) is 7.62. The summed E-state index contributed by atoms with van der Waals surface area (Å²) in [5.74, 6) is 0. The number of ether oxygens (including phenoxy) is 1. The molecule has 1 unspecified atom stereocenters. The summed E-state index contributed by atoms with van der Waals surface area (Å²) in [6.45, 7) is 6.73. The molecule has 0 saturated heterocycles. The molecule has 4 heteroatoms. The van der Waals surface area contributed by atoms with Crippen molar-refractivity contribution < 1.29 is 4.74 Å². The molecule has 0 aliphatic heterocycles. The fourth-order valence-corrected chi connectivity index (χ4v) is 2.08. The van der Waals surface area contributed by atoms with Crippen LogP contribution in [0.2, 0.25) is 5.02 Å². The summed E-state index contributed by atoms with van der Waals surface area (Å²) in [4.78, 5) is 2.23. The highest BCUT2D eigenvalue weighted by atomic mass is 35.5. The molecule has 1 atom stereocenters. The Morgan fingerprint density at radius 2 is 2.17 bits per heavy atom. The Balaban J connectivity index is 2.91. The number of hydrogen-bond acceptors (Lipinski definition) is 3. The van der Waals surface area contributed by atoms with Crippen molar-refractivity contribution in [2.24, 2.45) is 0 Å². The molecule has 1 rings (SSSR count). The third-order valence-corrected chi connectivity index (χ3v) is 3.29. The third-order valence-electron chi connectivity index (χ3n) is 3.06. The molecule has 0 aliphatic carbocycles. The van der Waals surface area contributed by atoms with E-state index in [0.29, 0.717) is 12.6 Å². The maximum atomic E-state index is 6.07. The van der Waals surface area contributed by atoms with Gasteiger partial charge < -0.3 is 15.0 Å². The van der Waals surface area contributed by atoms with Crippen molar-refractivity contribution in [1.82, 2.24) is 5.32 Å². The highest BCUT2D eigenvalue weighted by Crippen LogP contribution is 2.25. The van der Waals surface area contributed by atoms with Crippen LogP contribution < -0.4 is 10.2 Å². The van der Waals surface area contributed by atoms with Gasteiger partial charge in [-0.3, -0.25) is 0 Å². The van der Waals surface area contributed by atoms with Gasteiger partial charge >= 0.3 is 0 Å². The van der Waals surface area contributed by atoms with E-state index in [1.165, 1.54) is 11.3 Å². The largest absolute Gasteiger partial charge is 0.383 e. The Bertz CT molecular complexity index is 371. The highest BCUT2D eigenvalue weighted by molar-refractivity contribution is 6.30. The van der Waals surface area contributed by atoms with Gasteiger partial charge in [0, 0.05) is 37.5 Å². The molecule has 0 saturated carbocycles. The lowest BCUT2D eigenvalue weighted by molar-refractivity contribution is 0.183. The van der Waals surface area contributed by atoms with Crippen LogP contribution in [0.25, 0.3) is 0 Å². The summed E-state index contributed by atoms with van der Waals surface area (Å²) in [6.07, 6.45) is 0. The van der Waals surface area contributed by atoms with Crippen molar-refractivity contribution in [3.05, 3.63) is 28.8 Å². The van der Waals surface area contributed by atoms with E-state index in [-0.39, 0.29) is 0 Å². The van der Waals surface area contributed by atoms with Crippen molar-refractivity contribution in [3.8, 4) is 0 Å². The molecular weight excluding hydrogens is 248 g/mol. The number of halogens is 1. The van der Waals surface area contributed by atoms with Gasteiger partial charge in [-0.25, -0.2) is 0 Å². The minimum atomic E-state index is 0.330. The highest BCUT2D eigenvalue weighted by Gasteiger charge is 2.13. The van der Waals surface area contributed by atoms with Gasteiger partial charge in [-0.2, -0.15) is 0 Å². The van der Waals surface area contributed by atoms with Crippen molar-refractivity contribution in [3.63, 3.8) is 0 Å². The Labute approximate surface area is 115 Å². The quantitative estimate of drug-likeness (QED) is 0.825. The van der Waals surface area contributed by atoms with Gasteiger partial charge in [-0.15, -0.1) is 0 Å². The molecule has 0 bridgehead atoms. The number of anilines is 1. The zero-order valence-corrected chi connectivity index (χ0v) is 12.4. The van der Waals surface area contributed by atoms with Crippen LogP contribution in [-0.4, -0.2) is 33.4 Å². The Morgan fingerprint density at radius 3 is 2.78 bits per heavy atom. The fourth-order valence-electron chi connectivity index (χ4n) is 1.89. The summed E-state index contributed by atoms with van der Waals surface area (Å²) in [6, 6.07) is 6.36. The Kier molecular flexibility index (Phi) is 6.47. The molecular formula is C14H23ClN2O. The van der Waals surface area contributed by atoms with Crippen molar-refractivity contribution in [2.45, 2.75) is 26.4 Å². The minimum Gasteiger partial charge on any atom is -0.383 e. The van der Waals surface area contributed by atoms with Gasteiger partial charge in [0.1, 0.15) is 0 Å². The number of likely N-dealkylation sites (N-methyl/N-ethyl adjacent to an activating group) is 1. The molecule has 1 aromatic rings. The second-order valence-corrected chi connectivity index (χ2v) is 4.91. The number of nitrogens with zero attached hydrogens (tertiary/aromatic N) is 1. The van der Waals surface area contributed by atoms with E-state index in [9.17, 15) is 0 Å². The number of hydrogen-bond donors (Lipinski definition) is 1. The standard InChI is InChI=1S/C14H23ClN2O/c1-5-16-9-12-8-13(15)6-7-14(12)17(3)11(2)10-18-4/h6-8,11,16H,5,9-10H2,1-4H3. The molecule has 0 spiro atoms. The first kappa shape index (κ1) is 15.3. The summed E-state index contributed by atoms with van der Waals surface area (Å²) in [5.41, 5.74) is 2.42.